The Balaban J connectivity index is 2.04. The molecule has 0 aromatic rings. The summed E-state index contributed by atoms with van der Waals surface area (Å²) < 4.78 is 4.87. The SMILES string of the molecule is COCCCC(=O)N1CC(C)C1. The van der Waals surface area contributed by atoms with Crippen LogP contribution in [0.15, 0.2) is 0 Å². The molecule has 0 spiro atoms. The maximum atomic E-state index is 11.3. The number of hydrogen-bond acceptors (Lipinski definition) is 2. The Morgan fingerprint density at radius 1 is 1.58 bits per heavy atom. The van der Waals surface area contributed by atoms with Gasteiger partial charge in [-0.15, -0.1) is 0 Å². The third-order valence-corrected chi connectivity index (χ3v) is 2.16. The number of rotatable bonds is 4. The van der Waals surface area contributed by atoms with Crippen LogP contribution in [0.3, 0.4) is 0 Å². The molecule has 0 N–H and O–H groups in total. The quantitative estimate of drug-likeness (QED) is 0.588. The number of nitrogens with zero attached hydrogens (tertiary/aromatic N) is 1. The van der Waals surface area contributed by atoms with Crippen molar-refractivity contribution in [2.45, 2.75) is 19.8 Å². The summed E-state index contributed by atoms with van der Waals surface area (Å²) in [6.45, 7) is 4.76. The molecule has 3 heteroatoms. The Bertz CT molecular complexity index is 153. The molecule has 0 aromatic heterocycles. The first kappa shape index (κ1) is 9.52. The van der Waals surface area contributed by atoms with Crippen molar-refractivity contribution in [3.05, 3.63) is 0 Å². The third-order valence-electron chi connectivity index (χ3n) is 2.16. The Hall–Kier alpha value is -0.570. The monoisotopic (exact) mass is 171 g/mol. The van der Waals surface area contributed by atoms with E-state index in [0.717, 1.165) is 19.5 Å². The molecule has 3 nitrogen and oxygen atoms in total. The molecule has 1 rings (SSSR count). The average molecular weight is 171 g/mol. The first-order valence-electron chi connectivity index (χ1n) is 4.50. The molecule has 0 atom stereocenters. The van der Waals surface area contributed by atoms with Crippen molar-refractivity contribution >= 4 is 5.91 Å². The van der Waals surface area contributed by atoms with E-state index in [1.807, 2.05) is 4.90 Å². The third kappa shape index (κ3) is 2.48. The van der Waals surface area contributed by atoms with E-state index in [0.29, 0.717) is 18.9 Å². The van der Waals surface area contributed by atoms with Gasteiger partial charge < -0.3 is 9.64 Å². The fraction of sp³-hybridized carbons (Fsp3) is 0.889. The lowest BCUT2D eigenvalue weighted by Crippen LogP contribution is -2.48. The number of ether oxygens (including phenoxy) is 1. The normalized spacial score (nSPS) is 17.7. The first-order chi connectivity index (χ1) is 5.74. The zero-order valence-electron chi connectivity index (χ0n) is 7.88. The van der Waals surface area contributed by atoms with Gasteiger partial charge in [-0.05, 0) is 12.3 Å². The van der Waals surface area contributed by atoms with Crippen LogP contribution in [-0.4, -0.2) is 37.6 Å². The maximum absolute atomic E-state index is 11.3. The highest BCUT2D eigenvalue weighted by Crippen LogP contribution is 2.15. The van der Waals surface area contributed by atoms with Crippen LogP contribution in [0.2, 0.25) is 0 Å². The van der Waals surface area contributed by atoms with Gasteiger partial charge >= 0.3 is 0 Å². The average Bonchev–Trinajstić information content (AvgIpc) is 1.99. The second-order valence-electron chi connectivity index (χ2n) is 3.50. The second kappa shape index (κ2) is 4.45. The summed E-state index contributed by atoms with van der Waals surface area (Å²) in [4.78, 5) is 13.2. The summed E-state index contributed by atoms with van der Waals surface area (Å²) in [6, 6.07) is 0. The fourth-order valence-corrected chi connectivity index (χ4v) is 1.43. The summed E-state index contributed by atoms with van der Waals surface area (Å²) in [5.41, 5.74) is 0. The van der Waals surface area contributed by atoms with Gasteiger partial charge in [0.1, 0.15) is 0 Å². The molecule has 1 heterocycles. The minimum absolute atomic E-state index is 0.283. The molecule has 0 radical (unpaired) electrons. The molecule has 1 aliphatic heterocycles. The predicted molar refractivity (Wildman–Crippen MR) is 46.9 cm³/mol. The Kier molecular flexibility index (Phi) is 3.53. The molecule has 0 saturated carbocycles. The standard InChI is InChI=1S/C9H17NO2/c1-8-6-10(7-8)9(11)4-3-5-12-2/h8H,3-7H2,1-2H3. The van der Waals surface area contributed by atoms with Crippen LogP contribution >= 0.6 is 0 Å². The predicted octanol–water partition coefficient (Wildman–Crippen LogP) is 0.891. The first-order valence-corrected chi connectivity index (χ1v) is 4.50. The molecular weight excluding hydrogens is 154 g/mol. The Morgan fingerprint density at radius 2 is 2.25 bits per heavy atom. The highest BCUT2D eigenvalue weighted by molar-refractivity contribution is 5.76. The Morgan fingerprint density at radius 3 is 2.75 bits per heavy atom. The van der Waals surface area contributed by atoms with Gasteiger partial charge in [-0.3, -0.25) is 4.79 Å². The number of hydrogen-bond donors (Lipinski definition) is 0. The summed E-state index contributed by atoms with van der Waals surface area (Å²) in [5, 5.41) is 0. The lowest BCUT2D eigenvalue weighted by atomic mass is 10.0. The van der Waals surface area contributed by atoms with Crippen LogP contribution in [0.1, 0.15) is 19.8 Å². The van der Waals surface area contributed by atoms with Gasteiger partial charge in [-0.25, -0.2) is 0 Å². The zero-order valence-corrected chi connectivity index (χ0v) is 7.88. The van der Waals surface area contributed by atoms with Crippen molar-refractivity contribution in [2.75, 3.05) is 26.8 Å². The van der Waals surface area contributed by atoms with Gasteiger partial charge in [0.2, 0.25) is 5.91 Å². The molecule has 70 valence electrons. The van der Waals surface area contributed by atoms with Crippen LogP contribution < -0.4 is 0 Å². The maximum Gasteiger partial charge on any atom is 0.222 e. The molecule has 0 bridgehead atoms. The smallest absolute Gasteiger partial charge is 0.222 e. The van der Waals surface area contributed by atoms with Crippen LogP contribution in [0.5, 0.6) is 0 Å². The summed E-state index contributed by atoms with van der Waals surface area (Å²) >= 11 is 0. The minimum atomic E-state index is 0.283. The fourth-order valence-electron chi connectivity index (χ4n) is 1.43. The van der Waals surface area contributed by atoms with E-state index in [2.05, 4.69) is 6.92 Å². The van der Waals surface area contributed by atoms with Gasteiger partial charge in [0.05, 0.1) is 0 Å². The largest absolute Gasteiger partial charge is 0.385 e. The molecule has 0 aromatic carbocycles. The molecule has 12 heavy (non-hydrogen) atoms. The van der Waals surface area contributed by atoms with Crippen molar-refractivity contribution in [3.8, 4) is 0 Å². The highest BCUT2D eigenvalue weighted by Gasteiger charge is 2.25. The van der Waals surface area contributed by atoms with Crippen molar-refractivity contribution in [1.29, 1.82) is 0 Å². The van der Waals surface area contributed by atoms with Crippen LogP contribution in [0.4, 0.5) is 0 Å². The second-order valence-corrected chi connectivity index (χ2v) is 3.50. The molecule has 0 unspecified atom stereocenters. The van der Waals surface area contributed by atoms with Crippen molar-refractivity contribution < 1.29 is 9.53 Å². The number of likely N-dealkylation sites (tertiary alicyclic amines) is 1. The summed E-state index contributed by atoms with van der Waals surface area (Å²) in [5.74, 6) is 0.988. The lowest BCUT2D eigenvalue weighted by Gasteiger charge is -2.37. The topological polar surface area (TPSA) is 29.5 Å². The molecule has 1 saturated heterocycles. The van der Waals surface area contributed by atoms with Gasteiger partial charge in [0.15, 0.2) is 0 Å². The van der Waals surface area contributed by atoms with Gasteiger partial charge in [0.25, 0.3) is 0 Å². The lowest BCUT2D eigenvalue weighted by molar-refractivity contribution is -0.137. The zero-order chi connectivity index (χ0) is 8.97. The number of amides is 1. The number of carbonyl (C=O) groups excluding carboxylic acids is 1. The Labute approximate surface area is 73.7 Å². The van der Waals surface area contributed by atoms with E-state index >= 15 is 0 Å². The molecule has 1 fully saturated rings. The number of carbonyl (C=O) groups is 1. The summed E-state index contributed by atoms with van der Waals surface area (Å²) in [7, 11) is 1.66. The van der Waals surface area contributed by atoms with E-state index < -0.39 is 0 Å². The number of methoxy groups -OCH3 is 1. The van der Waals surface area contributed by atoms with E-state index in [1.165, 1.54) is 0 Å². The molecular formula is C9H17NO2. The molecule has 1 aliphatic rings. The van der Waals surface area contributed by atoms with Crippen LogP contribution in [0, 0.1) is 5.92 Å². The van der Waals surface area contributed by atoms with E-state index in [4.69, 9.17) is 4.74 Å². The van der Waals surface area contributed by atoms with Gasteiger partial charge in [-0.1, -0.05) is 6.92 Å². The van der Waals surface area contributed by atoms with Crippen LogP contribution in [-0.2, 0) is 9.53 Å². The highest BCUT2D eigenvalue weighted by atomic mass is 16.5. The van der Waals surface area contributed by atoms with Gasteiger partial charge in [0, 0.05) is 33.2 Å². The summed E-state index contributed by atoms with van der Waals surface area (Å²) in [6.07, 6.45) is 1.49. The minimum Gasteiger partial charge on any atom is -0.385 e. The van der Waals surface area contributed by atoms with Crippen molar-refractivity contribution in [3.63, 3.8) is 0 Å². The molecule has 0 aliphatic carbocycles. The van der Waals surface area contributed by atoms with E-state index in [9.17, 15) is 4.79 Å². The van der Waals surface area contributed by atoms with Crippen molar-refractivity contribution in [1.82, 2.24) is 4.90 Å². The van der Waals surface area contributed by atoms with Crippen molar-refractivity contribution in [2.24, 2.45) is 5.92 Å². The van der Waals surface area contributed by atoms with E-state index in [1.54, 1.807) is 7.11 Å². The molecule has 1 amide bonds. The van der Waals surface area contributed by atoms with Gasteiger partial charge in [-0.2, -0.15) is 0 Å². The van der Waals surface area contributed by atoms with Crippen LogP contribution in [0.25, 0.3) is 0 Å². The van der Waals surface area contributed by atoms with E-state index in [-0.39, 0.29) is 5.91 Å².